The lowest BCUT2D eigenvalue weighted by Gasteiger charge is -2.31. The number of fused-ring (bicyclic) bond motifs is 2. The lowest BCUT2D eigenvalue weighted by Crippen LogP contribution is -2.46. The molecule has 2 aliphatic rings. The van der Waals surface area contributed by atoms with Gasteiger partial charge >= 0.3 is 5.97 Å². The second-order valence-corrected chi connectivity index (χ2v) is 6.92. The number of rotatable bonds is 10. The third-order valence-corrected chi connectivity index (χ3v) is 5.22. The minimum absolute atomic E-state index is 0.0109. The zero-order chi connectivity index (χ0) is 16.8. The highest BCUT2D eigenvalue weighted by Gasteiger charge is 2.56. The fourth-order valence-corrected chi connectivity index (χ4v) is 3.95. The summed E-state index contributed by atoms with van der Waals surface area (Å²) in [6, 6.07) is 0. The molecular formula is C18H31NO4. The number of hydrogen-bond donors (Lipinski definition) is 1. The van der Waals surface area contributed by atoms with Crippen molar-refractivity contribution >= 4 is 11.9 Å². The van der Waals surface area contributed by atoms with Crippen LogP contribution in [0.25, 0.3) is 0 Å². The first-order chi connectivity index (χ1) is 11.1. The van der Waals surface area contributed by atoms with Crippen LogP contribution in [-0.4, -0.2) is 47.2 Å². The van der Waals surface area contributed by atoms with Crippen LogP contribution in [0.5, 0.6) is 0 Å². The molecule has 2 bridgehead atoms. The summed E-state index contributed by atoms with van der Waals surface area (Å²) in [7, 11) is 0. The van der Waals surface area contributed by atoms with E-state index in [-0.39, 0.29) is 18.1 Å². The lowest BCUT2D eigenvalue weighted by atomic mass is 9.78. The fourth-order valence-electron chi connectivity index (χ4n) is 3.95. The maximum atomic E-state index is 13.0. The summed E-state index contributed by atoms with van der Waals surface area (Å²) in [6.07, 6.45) is 7.58. The van der Waals surface area contributed by atoms with Gasteiger partial charge in [0, 0.05) is 13.1 Å². The van der Waals surface area contributed by atoms with Gasteiger partial charge < -0.3 is 14.7 Å². The average Bonchev–Trinajstić information content (AvgIpc) is 3.14. The Morgan fingerprint density at radius 2 is 1.48 bits per heavy atom. The number of carbonyl (C=O) groups excluding carboxylic acids is 1. The Bertz CT molecular complexity index is 402. The van der Waals surface area contributed by atoms with E-state index in [1.807, 2.05) is 4.90 Å². The molecule has 5 heteroatoms. The Kier molecular flexibility index (Phi) is 6.88. The predicted octanol–water partition coefficient (Wildman–Crippen LogP) is 3.07. The van der Waals surface area contributed by atoms with E-state index in [1.54, 1.807) is 0 Å². The van der Waals surface area contributed by atoms with E-state index in [1.165, 1.54) is 0 Å². The highest BCUT2D eigenvalue weighted by molar-refractivity contribution is 5.86. The van der Waals surface area contributed by atoms with E-state index in [9.17, 15) is 14.7 Å². The molecule has 0 aromatic carbocycles. The first-order valence-electron chi connectivity index (χ1n) is 9.27. The third-order valence-electron chi connectivity index (χ3n) is 5.22. The minimum atomic E-state index is -0.877. The number of nitrogens with zero attached hydrogens (tertiary/aromatic N) is 1. The molecule has 2 saturated heterocycles. The van der Waals surface area contributed by atoms with Crippen LogP contribution in [0.3, 0.4) is 0 Å². The number of aliphatic carboxylic acids is 1. The van der Waals surface area contributed by atoms with Gasteiger partial charge in [-0.25, -0.2) is 0 Å². The third kappa shape index (κ3) is 4.25. The number of hydrogen-bond acceptors (Lipinski definition) is 3. The van der Waals surface area contributed by atoms with Gasteiger partial charge in [0.15, 0.2) is 0 Å². The molecule has 0 aliphatic carbocycles. The number of ether oxygens (including phenoxy) is 1. The Labute approximate surface area is 139 Å². The van der Waals surface area contributed by atoms with Crippen molar-refractivity contribution in [1.29, 1.82) is 0 Å². The molecule has 2 aliphatic heterocycles. The first kappa shape index (κ1) is 18.2. The van der Waals surface area contributed by atoms with Gasteiger partial charge in [-0.2, -0.15) is 0 Å². The van der Waals surface area contributed by atoms with Crippen molar-refractivity contribution in [1.82, 2.24) is 4.90 Å². The zero-order valence-electron chi connectivity index (χ0n) is 14.5. The van der Waals surface area contributed by atoms with Crippen molar-refractivity contribution < 1.29 is 19.4 Å². The average molecular weight is 325 g/mol. The largest absolute Gasteiger partial charge is 0.481 e. The van der Waals surface area contributed by atoms with Gasteiger partial charge in [0.05, 0.1) is 24.0 Å². The van der Waals surface area contributed by atoms with Crippen molar-refractivity contribution in [3.63, 3.8) is 0 Å². The minimum Gasteiger partial charge on any atom is -0.481 e. The van der Waals surface area contributed by atoms with Crippen molar-refractivity contribution in [3.8, 4) is 0 Å². The summed E-state index contributed by atoms with van der Waals surface area (Å²) in [4.78, 5) is 26.5. The van der Waals surface area contributed by atoms with Crippen LogP contribution < -0.4 is 0 Å². The topological polar surface area (TPSA) is 66.8 Å². The summed E-state index contributed by atoms with van der Waals surface area (Å²) in [6.45, 7) is 5.79. The maximum absolute atomic E-state index is 13.0. The molecule has 2 heterocycles. The van der Waals surface area contributed by atoms with E-state index in [2.05, 4.69) is 13.8 Å². The van der Waals surface area contributed by atoms with Crippen LogP contribution in [0.15, 0.2) is 0 Å². The van der Waals surface area contributed by atoms with Gasteiger partial charge in [-0.05, 0) is 25.7 Å². The molecule has 0 aromatic rings. The zero-order valence-corrected chi connectivity index (χ0v) is 14.5. The molecule has 0 saturated carbocycles. The van der Waals surface area contributed by atoms with Crippen molar-refractivity contribution in [2.45, 2.75) is 77.4 Å². The Morgan fingerprint density at radius 3 is 1.96 bits per heavy atom. The molecule has 0 spiro atoms. The smallest absolute Gasteiger partial charge is 0.310 e. The van der Waals surface area contributed by atoms with Gasteiger partial charge in [-0.15, -0.1) is 0 Å². The Balaban J connectivity index is 2.03. The molecule has 1 N–H and O–H groups in total. The van der Waals surface area contributed by atoms with E-state index in [0.717, 1.165) is 64.5 Å². The van der Waals surface area contributed by atoms with Crippen LogP contribution in [-0.2, 0) is 14.3 Å². The second kappa shape index (κ2) is 8.67. The van der Waals surface area contributed by atoms with Gasteiger partial charge in [-0.1, -0.05) is 39.5 Å². The highest BCUT2D eigenvalue weighted by atomic mass is 16.5. The van der Waals surface area contributed by atoms with Crippen LogP contribution in [0, 0.1) is 11.8 Å². The Morgan fingerprint density at radius 1 is 0.957 bits per heavy atom. The van der Waals surface area contributed by atoms with E-state index >= 15 is 0 Å². The van der Waals surface area contributed by atoms with E-state index in [0.29, 0.717) is 0 Å². The number of carbonyl (C=O) groups is 2. The standard InChI is InChI=1S/C18H31NO4/c1-3-5-7-11-19(12-8-6-4-2)17(20)15-13-9-10-14(23-13)16(15)18(21)22/h13-16H,3-12H2,1-2H3,(H,21,22)/t13-,14-,15+,16+/m1/s1. The summed E-state index contributed by atoms with van der Waals surface area (Å²) >= 11 is 0. The SMILES string of the molecule is CCCCCN(CCCCC)C(=O)[C@@H]1[C@@H](C(=O)O)[C@H]2CC[C@H]1O2. The molecule has 2 rings (SSSR count). The summed E-state index contributed by atoms with van der Waals surface area (Å²) in [5.74, 6) is -2.00. The van der Waals surface area contributed by atoms with Crippen LogP contribution in [0.2, 0.25) is 0 Å². The number of amides is 1. The molecular weight excluding hydrogens is 294 g/mol. The van der Waals surface area contributed by atoms with Crippen molar-refractivity contribution in [2.75, 3.05) is 13.1 Å². The quantitative estimate of drug-likeness (QED) is 0.627. The van der Waals surface area contributed by atoms with E-state index in [4.69, 9.17) is 4.74 Å². The number of unbranched alkanes of at least 4 members (excludes halogenated alkanes) is 4. The Hall–Kier alpha value is -1.10. The summed E-state index contributed by atoms with van der Waals surface area (Å²) in [5.41, 5.74) is 0. The van der Waals surface area contributed by atoms with Gasteiger partial charge in [0.2, 0.25) is 5.91 Å². The van der Waals surface area contributed by atoms with Crippen molar-refractivity contribution in [2.24, 2.45) is 11.8 Å². The summed E-state index contributed by atoms with van der Waals surface area (Å²) < 4.78 is 5.75. The first-order valence-corrected chi connectivity index (χ1v) is 9.27. The molecule has 132 valence electrons. The summed E-state index contributed by atoms with van der Waals surface area (Å²) in [5, 5.41) is 9.51. The van der Waals surface area contributed by atoms with E-state index < -0.39 is 17.8 Å². The predicted molar refractivity (Wildman–Crippen MR) is 88.1 cm³/mol. The second-order valence-electron chi connectivity index (χ2n) is 6.92. The molecule has 1 amide bonds. The van der Waals surface area contributed by atoms with Gasteiger partial charge in [0.1, 0.15) is 0 Å². The van der Waals surface area contributed by atoms with Gasteiger partial charge in [0.25, 0.3) is 0 Å². The number of carboxylic acids is 1. The molecule has 2 fully saturated rings. The fraction of sp³-hybridized carbons (Fsp3) is 0.889. The molecule has 0 aromatic heterocycles. The monoisotopic (exact) mass is 325 g/mol. The molecule has 4 atom stereocenters. The van der Waals surface area contributed by atoms with Crippen LogP contribution in [0.4, 0.5) is 0 Å². The van der Waals surface area contributed by atoms with Gasteiger partial charge in [-0.3, -0.25) is 9.59 Å². The van der Waals surface area contributed by atoms with Crippen LogP contribution >= 0.6 is 0 Å². The normalized spacial score (nSPS) is 29.0. The highest BCUT2D eigenvalue weighted by Crippen LogP contribution is 2.44. The molecule has 0 radical (unpaired) electrons. The maximum Gasteiger partial charge on any atom is 0.310 e. The molecule has 5 nitrogen and oxygen atoms in total. The van der Waals surface area contributed by atoms with Crippen molar-refractivity contribution in [3.05, 3.63) is 0 Å². The lowest BCUT2D eigenvalue weighted by molar-refractivity contribution is -0.151. The molecule has 0 unspecified atom stereocenters. The van der Waals surface area contributed by atoms with Crippen LogP contribution in [0.1, 0.15) is 65.2 Å². The number of carboxylic acid groups (broad SMARTS) is 1. The molecule has 23 heavy (non-hydrogen) atoms.